The van der Waals surface area contributed by atoms with Crippen molar-refractivity contribution in [3.63, 3.8) is 0 Å². The van der Waals surface area contributed by atoms with Gasteiger partial charge in [-0.15, -0.1) is 0 Å². The lowest BCUT2D eigenvalue weighted by atomic mass is 10.1. The van der Waals surface area contributed by atoms with E-state index in [4.69, 9.17) is 14.7 Å². The van der Waals surface area contributed by atoms with Crippen molar-refractivity contribution in [1.29, 1.82) is 5.26 Å². The molecule has 0 bridgehead atoms. The molecule has 0 aliphatic heterocycles. The summed E-state index contributed by atoms with van der Waals surface area (Å²) in [6.07, 6.45) is 1.15. The van der Waals surface area contributed by atoms with Crippen LogP contribution in [0.2, 0.25) is 0 Å². The van der Waals surface area contributed by atoms with Crippen molar-refractivity contribution in [2.24, 2.45) is 0 Å². The lowest BCUT2D eigenvalue weighted by Gasteiger charge is -2.05. The molecule has 0 atom stereocenters. The zero-order valence-corrected chi connectivity index (χ0v) is 10.1. The first kappa shape index (κ1) is 13.6. The quantitative estimate of drug-likeness (QED) is 0.746. The van der Waals surface area contributed by atoms with E-state index < -0.39 is 11.9 Å². The SMILES string of the molecule is CCOC(=O)c1cc(C(=O)OCC)c(C#N)cn1. The van der Waals surface area contributed by atoms with Gasteiger partial charge in [0.25, 0.3) is 0 Å². The van der Waals surface area contributed by atoms with E-state index in [1.165, 1.54) is 6.07 Å². The van der Waals surface area contributed by atoms with Crippen LogP contribution in [0.5, 0.6) is 0 Å². The molecule has 0 unspecified atom stereocenters. The second kappa shape index (κ2) is 6.35. The highest BCUT2D eigenvalue weighted by Gasteiger charge is 2.17. The maximum atomic E-state index is 11.6. The Bertz CT molecular complexity index is 505. The molecule has 0 amide bonds. The lowest BCUT2D eigenvalue weighted by molar-refractivity contribution is 0.0519. The Morgan fingerprint density at radius 1 is 1.28 bits per heavy atom. The molecule has 0 aliphatic rings. The van der Waals surface area contributed by atoms with Crippen molar-refractivity contribution < 1.29 is 19.1 Å². The van der Waals surface area contributed by atoms with E-state index >= 15 is 0 Å². The Morgan fingerprint density at radius 2 is 1.89 bits per heavy atom. The summed E-state index contributed by atoms with van der Waals surface area (Å²) in [6, 6.07) is 3.02. The molecular formula is C12H12N2O4. The third-order valence-corrected chi connectivity index (χ3v) is 2.00. The van der Waals surface area contributed by atoms with E-state index in [0.717, 1.165) is 6.20 Å². The summed E-state index contributed by atoms with van der Waals surface area (Å²) in [7, 11) is 0. The summed E-state index contributed by atoms with van der Waals surface area (Å²) in [4.78, 5) is 26.8. The minimum absolute atomic E-state index is 0.0115. The predicted molar refractivity (Wildman–Crippen MR) is 60.9 cm³/mol. The number of nitriles is 1. The molecule has 0 fully saturated rings. The molecule has 18 heavy (non-hydrogen) atoms. The molecule has 1 aromatic heterocycles. The second-order valence-electron chi connectivity index (χ2n) is 3.17. The summed E-state index contributed by atoms with van der Waals surface area (Å²) >= 11 is 0. The average molecular weight is 248 g/mol. The van der Waals surface area contributed by atoms with Crippen molar-refractivity contribution in [2.75, 3.05) is 13.2 Å². The average Bonchev–Trinajstić information content (AvgIpc) is 2.38. The Labute approximate surface area is 104 Å². The van der Waals surface area contributed by atoms with Gasteiger partial charge in [0.15, 0.2) is 0 Å². The van der Waals surface area contributed by atoms with Crippen LogP contribution in [0.25, 0.3) is 0 Å². The van der Waals surface area contributed by atoms with Crippen molar-refractivity contribution in [1.82, 2.24) is 4.98 Å². The van der Waals surface area contributed by atoms with Gasteiger partial charge in [0.1, 0.15) is 11.8 Å². The first-order valence-electron chi connectivity index (χ1n) is 5.38. The Hall–Kier alpha value is -2.42. The first-order chi connectivity index (χ1) is 8.63. The van der Waals surface area contributed by atoms with Crippen molar-refractivity contribution >= 4 is 11.9 Å². The number of carbonyl (C=O) groups excluding carboxylic acids is 2. The third kappa shape index (κ3) is 3.04. The van der Waals surface area contributed by atoms with Crippen LogP contribution < -0.4 is 0 Å². The number of hydrogen-bond acceptors (Lipinski definition) is 6. The molecule has 0 aromatic carbocycles. The highest BCUT2D eigenvalue weighted by molar-refractivity contribution is 5.95. The van der Waals surface area contributed by atoms with Crippen LogP contribution in [0.4, 0.5) is 0 Å². The van der Waals surface area contributed by atoms with E-state index in [2.05, 4.69) is 4.98 Å². The highest BCUT2D eigenvalue weighted by Crippen LogP contribution is 2.11. The van der Waals surface area contributed by atoms with E-state index in [1.807, 2.05) is 6.07 Å². The molecular weight excluding hydrogens is 236 g/mol. The van der Waals surface area contributed by atoms with Gasteiger partial charge in [0.05, 0.1) is 24.3 Å². The maximum Gasteiger partial charge on any atom is 0.356 e. The van der Waals surface area contributed by atoms with Crippen LogP contribution in [0.3, 0.4) is 0 Å². The third-order valence-electron chi connectivity index (χ3n) is 2.00. The van der Waals surface area contributed by atoms with E-state index in [9.17, 15) is 9.59 Å². The molecule has 94 valence electrons. The molecule has 0 spiro atoms. The first-order valence-corrected chi connectivity index (χ1v) is 5.38. The monoisotopic (exact) mass is 248 g/mol. The van der Waals surface area contributed by atoms with Crippen LogP contribution in [-0.4, -0.2) is 30.1 Å². The summed E-state index contributed by atoms with van der Waals surface area (Å²) in [5.74, 6) is -1.31. The summed E-state index contributed by atoms with van der Waals surface area (Å²) in [5.41, 5.74) is 0.0396. The van der Waals surface area contributed by atoms with Gasteiger partial charge in [-0.05, 0) is 19.9 Å². The van der Waals surface area contributed by atoms with E-state index in [0.29, 0.717) is 0 Å². The second-order valence-corrected chi connectivity index (χ2v) is 3.17. The molecule has 1 rings (SSSR count). The van der Waals surface area contributed by atoms with E-state index in [1.54, 1.807) is 13.8 Å². The van der Waals surface area contributed by atoms with Crippen LogP contribution >= 0.6 is 0 Å². The number of ether oxygens (including phenoxy) is 2. The van der Waals surface area contributed by atoms with Gasteiger partial charge >= 0.3 is 11.9 Å². The number of nitrogens with zero attached hydrogens (tertiary/aromatic N) is 2. The standard InChI is InChI=1S/C12H12N2O4/c1-3-17-11(15)9-5-10(12(16)18-4-2)14-7-8(9)6-13/h5,7H,3-4H2,1-2H3. The molecule has 0 aliphatic carbocycles. The molecule has 0 N–H and O–H groups in total. The summed E-state index contributed by atoms with van der Waals surface area (Å²) in [5, 5.41) is 8.85. The Kier molecular flexibility index (Phi) is 4.81. The fourth-order valence-electron chi connectivity index (χ4n) is 1.24. The molecule has 6 heteroatoms. The Morgan fingerprint density at radius 3 is 2.44 bits per heavy atom. The smallest absolute Gasteiger partial charge is 0.356 e. The minimum Gasteiger partial charge on any atom is -0.462 e. The number of carbonyl (C=O) groups is 2. The van der Waals surface area contributed by atoms with Gasteiger partial charge in [-0.2, -0.15) is 5.26 Å². The topological polar surface area (TPSA) is 89.3 Å². The molecule has 1 heterocycles. The van der Waals surface area contributed by atoms with Crippen molar-refractivity contribution in [3.8, 4) is 6.07 Å². The van der Waals surface area contributed by atoms with Gasteiger partial charge in [-0.3, -0.25) is 0 Å². The largest absolute Gasteiger partial charge is 0.462 e. The zero-order valence-electron chi connectivity index (χ0n) is 10.1. The van der Waals surface area contributed by atoms with Gasteiger partial charge in [-0.1, -0.05) is 0 Å². The molecule has 1 aromatic rings. The fraction of sp³-hybridized carbons (Fsp3) is 0.333. The number of pyridine rings is 1. The minimum atomic E-state index is -0.665. The fourth-order valence-corrected chi connectivity index (χ4v) is 1.24. The summed E-state index contributed by atoms with van der Waals surface area (Å²) < 4.78 is 9.55. The molecule has 0 radical (unpaired) electrons. The van der Waals surface area contributed by atoms with Gasteiger partial charge in [0.2, 0.25) is 0 Å². The zero-order chi connectivity index (χ0) is 13.5. The van der Waals surface area contributed by atoms with Gasteiger partial charge in [-0.25, -0.2) is 14.6 Å². The van der Waals surface area contributed by atoms with E-state index in [-0.39, 0.29) is 30.0 Å². The maximum absolute atomic E-state index is 11.6. The van der Waals surface area contributed by atoms with Crippen LogP contribution in [0, 0.1) is 11.3 Å². The lowest BCUT2D eigenvalue weighted by Crippen LogP contribution is -2.12. The van der Waals surface area contributed by atoms with Crippen LogP contribution in [-0.2, 0) is 9.47 Å². The normalized spacial score (nSPS) is 9.39. The van der Waals surface area contributed by atoms with Crippen molar-refractivity contribution in [2.45, 2.75) is 13.8 Å². The van der Waals surface area contributed by atoms with Crippen LogP contribution in [0.1, 0.15) is 40.3 Å². The highest BCUT2D eigenvalue weighted by atomic mass is 16.5. The Balaban J connectivity index is 3.14. The van der Waals surface area contributed by atoms with Gasteiger partial charge in [0, 0.05) is 6.20 Å². The molecule has 6 nitrogen and oxygen atoms in total. The predicted octanol–water partition coefficient (Wildman–Crippen LogP) is 1.31. The molecule has 0 saturated heterocycles. The van der Waals surface area contributed by atoms with Crippen LogP contribution in [0.15, 0.2) is 12.3 Å². The molecule has 0 saturated carbocycles. The van der Waals surface area contributed by atoms with Gasteiger partial charge < -0.3 is 9.47 Å². The number of rotatable bonds is 4. The number of aromatic nitrogens is 1. The van der Waals surface area contributed by atoms with Crippen molar-refractivity contribution in [3.05, 3.63) is 29.1 Å². The number of hydrogen-bond donors (Lipinski definition) is 0. The summed E-state index contributed by atoms with van der Waals surface area (Å²) in [6.45, 7) is 3.70. The number of esters is 2.